The summed E-state index contributed by atoms with van der Waals surface area (Å²) in [5, 5.41) is 0. The van der Waals surface area contributed by atoms with Gasteiger partial charge in [-0.05, 0) is 79.2 Å². The molecular weight excluding hydrogens is 326 g/mol. The van der Waals surface area contributed by atoms with Gasteiger partial charge in [-0.2, -0.15) is 0 Å². The second-order valence-electron chi connectivity index (χ2n) is 10.1. The molecule has 0 N–H and O–H groups in total. The molecule has 2 saturated heterocycles. The average Bonchev–Trinajstić information content (AvgIpc) is 2.77. The Morgan fingerprint density at radius 3 is 1.04 bits per heavy atom. The Hall–Kier alpha value is -0.290. The van der Waals surface area contributed by atoms with Gasteiger partial charge in [0.25, 0.3) is 0 Å². The highest BCUT2D eigenvalue weighted by Crippen LogP contribution is 2.44. The van der Waals surface area contributed by atoms with Crippen molar-refractivity contribution in [1.82, 2.24) is 0 Å². The van der Waals surface area contributed by atoms with E-state index < -0.39 is 0 Å². The van der Waals surface area contributed by atoms with E-state index in [0.29, 0.717) is 0 Å². The van der Waals surface area contributed by atoms with Crippen molar-refractivity contribution in [3.8, 4) is 0 Å². The van der Waals surface area contributed by atoms with Crippen LogP contribution in [-0.4, -0.2) is 36.6 Å². The van der Waals surface area contributed by atoms with E-state index in [1.54, 1.807) is 0 Å². The van der Waals surface area contributed by atoms with E-state index >= 15 is 0 Å². The van der Waals surface area contributed by atoms with Gasteiger partial charge in [0, 0.05) is 0 Å². The van der Waals surface area contributed by atoms with Gasteiger partial charge in [-0.1, -0.05) is 25.7 Å². The van der Waals surface area contributed by atoms with E-state index in [0.717, 1.165) is 12.8 Å². The Balaban J connectivity index is 1.96. The van der Waals surface area contributed by atoms with Gasteiger partial charge in [-0.25, -0.2) is 0 Å². The zero-order chi connectivity index (χ0) is 19.4. The summed E-state index contributed by atoms with van der Waals surface area (Å²) >= 11 is 0. The molecule has 0 radical (unpaired) electrons. The van der Waals surface area contributed by atoms with Gasteiger partial charge in [0.05, 0.1) is 22.4 Å². The van der Waals surface area contributed by atoms with Crippen molar-refractivity contribution in [3.63, 3.8) is 0 Å². The summed E-state index contributed by atoms with van der Waals surface area (Å²) in [6, 6.07) is 0. The summed E-state index contributed by atoms with van der Waals surface area (Å²) in [5.74, 6) is 0. The summed E-state index contributed by atoms with van der Waals surface area (Å²) in [5.41, 5.74) is 1.20. The smallest absolute Gasteiger partial charge is 0.400 e. The van der Waals surface area contributed by atoms with Gasteiger partial charge in [0.2, 0.25) is 0 Å². The number of hydrogen-bond donors (Lipinski definition) is 0. The lowest BCUT2D eigenvalue weighted by atomic mass is 9.61. The van der Waals surface area contributed by atoms with Crippen LogP contribution in [0.25, 0.3) is 0 Å². The molecule has 0 bridgehead atoms. The lowest BCUT2D eigenvalue weighted by Gasteiger charge is -2.32. The monoisotopic (exact) mass is 362 g/mol. The van der Waals surface area contributed by atoms with Crippen LogP contribution in [0.3, 0.4) is 0 Å². The van der Waals surface area contributed by atoms with Gasteiger partial charge in [-0.15, -0.1) is 0 Å². The lowest BCUT2D eigenvalue weighted by Crippen LogP contribution is -2.41. The maximum atomic E-state index is 6.40. The van der Waals surface area contributed by atoms with E-state index in [1.807, 2.05) is 0 Å². The van der Waals surface area contributed by atoms with Crippen molar-refractivity contribution in [3.05, 3.63) is 10.9 Å². The molecule has 146 valence electrons. The molecule has 2 fully saturated rings. The zero-order valence-corrected chi connectivity index (χ0v) is 18.0. The molecule has 0 spiro atoms. The van der Waals surface area contributed by atoms with Crippen molar-refractivity contribution in [2.24, 2.45) is 0 Å². The first kappa shape index (κ1) is 20.4. The SMILES string of the molecule is CC1(C)OB(/C2=C(\B3OC(C)(C)C(C)(C)O3)CCCCCC2)OC1(C)C. The maximum Gasteiger partial charge on any atom is 0.489 e. The van der Waals surface area contributed by atoms with Gasteiger partial charge in [-0.3, -0.25) is 0 Å². The molecule has 0 aromatic rings. The van der Waals surface area contributed by atoms with Crippen molar-refractivity contribution >= 4 is 14.2 Å². The highest BCUT2D eigenvalue weighted by atomic mass is 16.7. The second-order valence-corrected chi connectivity index (χ2v) is 10.1. The second kappa shape index (κ2) is 6.65. The van der Waals surface area contributed by atoms with Gasteiger partial charge in [0.1, 0.15) is 0 Å². The number of allylic oxidation sites excluding steroid dienone is 2. The van der Waals surface area contributed by atoms with Gasteiger partial charge in [0.15, 0.2) is 0 Å². The molecule has 3 rings (SSSR count). The molecule has 0 aromatic carbocycles. The van der Waals surface area contributed by atoms with Crippen LogP contribution in [0.4, 0.5) is 0 Å². The fourth-order valence-electron chi connectivity index (χ4n) is 3.81. The fraction of sp³-hybridized carbons (Fsp3) is 0.900. The van der Waals surface area contributed by atoms with E-state index in [-0.39, 0.29) is 36.6 Å². The van der Waals surface area contributed by atoms with E-state index in [2.05, 4.69) is 55.4 Å². The van der Waals surface area contributed by atoms with Crippen LogP contribution in [0.1, 0.15) is 93.9 Å². The first-order valence-electron chi connectivity index (χ1n) is 10.3. The molecule has 26 heavy (non-hydrogen) atoms. The minimum absolute atomic E-state index is 0.299. The summed E-state index contributed by atoms with van der Waals surface area (Å²) in [6.07, 6.45) is 6.86. The topological polar surface area (TPSA) is 36.9 Å². The third-order valence-corrected chi connectivity index (χ3v) is 7.13. The Morgan fingerprint density at radius 2 is 0.769 bits per heavy atom. The molecule has 1 aliphatic carbocycles. The van der Waals surface area contributed by atoms with Crippen LogP contribution in [0.2, 0.25) is 0 Å². The summed E-state index contributed by atoms with van der Waals surface area (Å²) in [7, 11) is -0.598. The van der Waals surface area contributed by atoms with Crippen LogP contribution < -0.4 is 0 Å². The van der Waals surface area contributed by atoms with E-state index in [1.165, 1.54) is 36.6 Å². The predicted octanol–water partition coefficient (Wildman–Crippen LogP) is 4.90. The molecule has 3 aliphatic rings. The van der Waals surface area contributed by atoms with Crippen molar-refractivity contribution < 1.29 is 18.6 Å². The third-order valence-electron chi connectivity index (χ3n) is 7.13. The minimum atomic E-state index is -0.325. The predicted molar refractivity (Wildman–Crippen MR) is 107 cm³/mol. The van der Waals surface area contributed by atoms with E-state index in [4.69, 9.17) is 18.6 Å². The molecule has 0 saturated carbocycles. The first-order valence-corrected chi connectivity index (χ1v) is 10.3. The fourth-order valence-corrected chi connectivity index (χ4v) is 3.81. The van der Waals surface area contributed by atoms with Gasteiger partial charge < -0.3 is 18.6 Å². The molecular formula is C20H36B2O4. The molecule has 0 amide bonds. The van der Waals surface area contributed by atoms with E-state index in [9.17, 15) is 0 Å². The Kier molecular flexibility index (Phi) is 5.23. The van der Waals surface area contributed by atoms with Crippen LogP contribution in [0.15, 0.2) is 10.9 Å². The summed E-state index contributed by atoms with van der Waals surface area (Å²) in [4.78, 5) is 0. The zero-order valence-electron chi connectivity index (χ0n) is 18.0. The van der Waals surface area contributed by atoms with Crippen molar-refractivity contribution in [2.45, 2.75) is 116 Å². The van der Waals surface area contributed by atoms with Crippen LogP contribution in [-0.2, 0) is 18.6 Å². The molecule has 2 heterocycles. The van der Waals surface area contributed by atoms with Crippen molar-refractivity contribution in [1.29, 1.82) is 0 Å². The van der Waals surface area contributed by atoms with Crippen molar-refractivity contribution in [2.75, 3.05) is 0 Å². The Bertz CT molecular complexity index is 498. The quantitative estimate of drug-likeness (QED) is 0.655. The number of rotatable bonds is 2. The Morgan fingerprint density at radius 1 is 0.500 bits per heavy atom. The van der Waals surface area contributed by atoms with Crippen LogP contribution >= 0.6 is 0 Å². The summed E-state index contributed by atoms with van der Waals surface area (Å²) in [6.45, 7) is 16.9. The highest BCUT2D eigenvalue weighted by molar-refractivity contribution is 6.62. The maximum absolute atomic E-state index is 6.40. The Labute approximate surface area is 160 Å². The van der Waals surface area contributed by atoms with Crippen LogP contribution in [0.5, 0.6) is 0 Å². The van der Waals surface area contributed by atoms with Gasteiger partial charge >= 0.3 is 14.2 Å². The average molecular weight is 362 g/mol. The largest absolute Gasteiger partial charge is 0.489 e. The molecule has 0 atom stereocenters. The molecule has 6 heteroatoms. The molecule has 0 unspecified atom stereocenters. The highest BCUT2D eigenvalue weighted by Gasteiger charge is 2.56. The molecule has 0 aromatic heterocycles. The third kappa shape index (κ3) is 3.55. The normalized spacial score (nSPS) is 33.2. The first-order chi connectivity index (χ1) is 11.9. The molecule has 4 nitrogen and oxygen atoms in total. The van der Waals surface area contributed by atoms with Crippen LogP contribution in [0, 0.1) is 0 Å². The summed E-state index contributed by atoms with van der Waals surface area (Å²) < 4.78 is 25.6. The number of hydrogen-bond acceptors (Lipinski definition) is 4. The standard InChI is InChI=1S/C20H36B2O4/c1-17(2)18(3,4)24-21(23-17)15-13-11-9-10-12-14-16(15)22-25-19(5,6)20(7,8)26-22/h9-14H2,1-8H3/b16-15-. The lowest BCUT2D eigenvalue weighted by molar-refractivity contribution is 0.00578. The molecule has 2 aliphatic heterocycles. The minimum Gasteiger partial charge on any atom is -0.400 e.